The van der Waals surface area contributed by atoms with Gasteiger partial charge in [-0.1, -0.05) is 168 Å². The van der Waals surface area contributed by atoms with E-state index in [4.69, 9.17) is 105 Å². The van der Waals surface area contributed by atoms with E-state index in [-0.39, 0.29) is 81.0 Å². The minimum Gasteiger partial charge on any atom is -0.479 e. The number of ketones is 1. The van der Waals surface area contributed by atoms with E-state index in [1.165, 1.54) is 25.3 Å². The van der Waals surface area contributed by atoms with Crippen molar-refractivity contribution in [3.05, 3.63) is 208 Å². The first kappa shape index (κ1) is 106. The van der Waals surface area contributed by atoms with Crippen LogP contribution in [0.2, 0.25) is 30.1 Å². The predicted molar refractivity (Wildman–Crippen MR) is 485 cm³/mol. The van der Waals surface area contributed by atoms with Gasteiger partial charge in [-0.15, -0.1) is 12.4 Å². The van der Waals surface area contributed by atoms with Crippen molar-refractivity contribution in [1.29, 1.82) is 0 Å². The number of methoxy groups -OCH3 is 1. The number of hydrogen-bond donors (Lipinski definition) is 8. The van der Waals surface area contributed by atoms with Crippen LogP contribution in [0.15, 0.2) is 137 Å². The van der Waals surface area contributed by atoms with Crippen LogP contribution in [0.3, 0.4) is 0 Å². The van der Waals surface area contributed by atoms with Gasteiger partial charge in [0.1, 0.15) is 34.1 Å². The average Bonchev–Trinajstić information content (AvgIpc) is 1.60. The quantitative estimate of drug-likeness (QED) is 0.0293. The maximum absolute atomic E-state index is 13.8. The lowest BCUT2D eigenvalue weighted by atomic mass is 9.69. The summed E-state index contributed by atoms with van der Waals surface area (Å²) in [6.45, 7) is 26.3. The molecule has 11 rings (SSSR count). The zero-order valence-corrected chi connectivity index (χ0v) is 78.3. The Kier molecular flexibility index (Phi) is 39.2. The number of esters is 1. The number of benzene rings is 6. The molecule has 1 atom stereocenters. The maximum Gasteiger partial charge on any atom is 0.408 e. The van der Waals surface area contributed by atoms with E-state index >= 15 is 0 Å². The minimum atomic E-state index is -4.16. The lowest BCUT2D eigenvalue weighted by Crippen LogP contribution is -2.49. The second kappa shape index (κ2) is 45.6. The van der Waals surface area contributed by atoms with Crippen molar-refractivity contribution in [3.63, 3.8) is 0 Å². The second-order valence-electron chi connectivity index (χ2n) is 34.8. The van der Waals surface area contributed by atoms with Crippen LogP contribution in [0.25, 0.3) is 0 Å². The number of aromatic carboxylic acids is 1. The minimum absolute atomic E-state index is 0. The number of carbonyl (C=O) groups is 8. The fourth-order valence-corrected chi connectivity index (χ4v) is 16.9. The van der Waals surface area contributed by atoms with Crippen LogP contribution in [0.5, 0.6) is 0 Å². The number of carboxylic acids is 2. The highest BCUT2D eigenvalue weighted by atomic mass is 35.5. The molecule has 3 aliphatic carbocycles. The molecule has 0 radical (unpaired) electrons. The van der Waals surface area contributed by atoms with E-state index in [9.17, 15) is 65.4 Å². The van der Waals surface area contributed by atoms with Gasteiger partial charge in [-0.2, -0.15) is 16.8 Å². The molecule has 3 fully saturated rings. The van der Waals surface area contributed by atoms with Crippen LogP contribution in [0.4, 0.5) is 4.79 Å². The summed E-state index contributed by atoms with van der Waals surface area (Å²) in [6.07, 6.45) is 9.95. The Morgan fingerprint density at radius 2 is 0.870 bits per heavy atom. The smallest absolute Gasteiger partial charge is 0.408 e. The lowest BCUT2D eigenvalue weighted by molar-refractivity contribution is -0.139. The van der Waals surface area contributed by atoms with Crippen molar-refractivity contribution in [1.82, 2.24) is 20.4 Å². The Bertz CT molecular complexity index is 4930. The zero-order valence-electron chi connectivity index (χ0n) is 71.3. The summed E-state index contributed by atoms with van der Waals surface area (Å²) in [5.74, 6) is -1.92. The number of aliphatic carboxylic acids is 1. The first-order valence-electron chi connectivity index (χ1n) is 39.7. The number of alkyl carbamates (subject to hydrolysis) is 1. The molecule has 0 aromatic heterocycles. The SMILES string of the molecule is CC(C)(C)C1CCC(=O)CC1.CC(C)(C)C1CCC2(CC1)N=C(c1cc(Cl)cc(Cl)c1)C(=O)N2Cc1ccc(C(=O)NCCS(=O)(=O)O)cc1.CC(C)(C)C1CCC2(CC1)N=C(c1cc(Cl)cc(Cl)c1)C(=O)N2Cc1ccc(C(=O)O)cc1.CC(C)(C)OC(=O)NC(C(=O)O)c1cc(Cl)cc(Cl)c1.COC(=O)c1ccc(CN)cc1.Cl.NCCS(=O)(=O)O. The molecule has 2 spiro atoms. The Morgan fingerprint density at radius 3 is 1.19 bits per heavy atom. The van der Waals surface area contributed by atoms with Gasteiger partial charge in [0, 0.05) is 92.4 Å². The standard InChI is InChI=1S/C28H33Cl2N3O5S.C26H28Cl2N2O3.C13H15Cl2NO4.C10H18O.C9H11NO2.C2H7NO3S.ClH/c1-27(2,3)21-8-10-28(11-9-21)32-24(20-14-22(29)16-23(30)15-20)26(35)33(28)17-18-4-6-19(7-5-18)25(34)31-12-13-39(36,37)38;1-25(2,3)19-8-10-26(11-9-19)29-22(18-12-20(27)14-21(28)13-18)23(31)30(26)15-16-4-6-17(7-5-16)24(32)33;1-13(2,3)20-12(19)16-10(11(17)18)7-4-8(14)6-9(15)5-7;1-10(2,3)8-4-6-9(11)7-5-8;1-12-9(11)8-4-2-7(6-10)3-5-8;3-1-2-7(4,5)6;/h4-7,14-16,21H,8-13,17H2,1-3H3,(H,31,34)(H,36,37,38);4-7,12-14,19H,8-11,15H2,1-3H3,(H,32,33);4-6,10H,1-3H3,(H,16,19)(H,17,18);8H,4-7H2,1-3H3;2-5H,6,10H2,1H3;1-3H2,(H,4,5,6);1H. The van der Waals surface area contributed by atoms with Gasteiger partial charge < -0.3 is 51.6 Å². The molecule has 674 valence electrons. The normalized spacial score (nSPS) is 18.8. The number of halogens is 7. The van der Waals surface area contributed by atoms with Crippen molar-refractivity contribution >= 4 is 161 Å². The summed E-state index contributed by atoms with van der Waals surface area (Å²) < 4.78 is 67.5. The molecule has 0 saturated heterocycles. The topological polar surface area (TPSA) is 412 Å². The largest absolute Gasteiger partial charge is 0.479 e. The van der Waals surface area contributed by atoms with Gasteiger partial charge in [-0.05, 0) is 232 Å². The van der Waals surface area contributed by atoms with Gasteiger partial charge in [-0.25, -0.2) is 19.2 Å². The molecule has 123 heavy (non-hydrogen) atoms. The summed E-state index contributed by atoms with van der Waals surface area (Å²) in [5.41, 5.74) is 15.0. The molecule has 26 nitrogen and oxygen atoms in total. The molecule has 3 saturated carbocycles. The number of nitrogens with zero attached hydrogens (tertiary/aromatic N) is 4. The van der Waals surface area contributed by atoms with E-state index in [1.54, 1.807) is 118 Å². The molecule has 1 unspecified atom stereocenters. The Hall–Kier alpha value is -7.81. The van der Waals surface area contributed by atoms with Crippen LogP contribution in [0.1, 0.15) is 231 Å². The van der Waals surface area contributed by atoms with Crippen molar-refractivity contribution in [2.45, 2.75) is 203 Å². The van der Waals surface area contributed by atoms with Gasteiger partial charge in [0.15, 0.2) is 6.04 Å². The molecule has 2 heterocycles. The Labute approximate surface area is 757 Å². The number of Topliss-reactive ketones (excluding diaryl/α,β-unsaturated/α-hetero) is 1. The molecule has 4 amide bonds. The molecule has 6 aromatic rings. The van der Waals surface area contributed by atoms with Crippen molar-refractivity contribution in [3.8, 4) is 0 Å². The summed E-state index contributed by atoms with van der Waals surface area (Å²) in [7, 11) is -6.60. The third kappa shape index (κ3) is 33.2. The van der Waals surface area contributed by atoms with Crippen molar-refractivity contribution in [2.24, 2.45) is 55.5 Å². The number of ether oxygens (including phenoxy) is 2. The predicted octanol–water partition coefficient (Wildman–Crippen LogP) is 18.5. The average molecular weight is 1880 g/mol. The monoisotopic (exact) mass is 1880 g/mol. The van der Waals surface area contributed by atoms with Crippen LogP contribution in [-0.2, 0) is 68.5 Å². The van der Waals surface area contributed by atoms with Gasteiger partial charge >= 0.3 is 24.0 Å². The number of carboxylic acid groups (broad SMARTS) is 2. The number of carbonyl (C=O) groups excluding carboxylic acids is 6. The van der Waals surface area contributed by atoms with Crippen LogP contribution in [-0.4, -0.2) is 154 Å². The Morgan fingerprint density at radius 1 is 0.520 bits per heavy atom. The number of amides is 4. The number of hydrogen-bond acceptors (Lipinski definition) is 18. The first-order chi connectivity index (χ1) is 56.6. The fraction of sp³-hybridized carbons (Fsp3) is 0.477. The highest BCUT2D eigenvalue weighted by Crippen LogP contribution is 2.50. The van der Waals surface area contributed by atoms with Gasteiger partial charge in [-0.3, -0.25) is 38.3 Å². The lowest BCUT2D eigenvalue weighted by Gasteiger charge is -2.45. The van der Waals surface area contributed by atoms with Gasteiger partial charge in [0.25, 0.3) is 38.0 Å². The molecule has 5 aliphatic rings. The summed E-state index contributed by atoms with van der Waals surface area (Å²) >= 11 is 36.6. The zero-order chi connectivity index (χ0) is 91.4. The van der Waals surface area contributed by atoms with Crippen molar-refractivity contribution < 1.29 is 84.0 Å². The number of aliphatic imine (C=N–C) groups is 2. The Balaban J connectivity index is 0.000000286. The molecular weight excluding hydrogens is 1770 g/mol. The molecule has 10 N–H and O–H groups in total. The third-order valence-corrected chi connectivity index (χ3v) is 24.2. The molecule has 2 aliphatic heterocycles. The van der Waals surface area contributed by atoms with E-state index in [0.29, 0.717) is 96.4 Å². The van der Waals surface area contributed by atoms with E-state index < -0.39 is 72.9 Å². The molecular formula is C88H113Cl7N8O18S2. The van der Waals surface area contributed by atoms with Crippen LogP contribution >= 0.6 is 82.0 Å². The van der Waals surface area contributed by atoms with Crippen LogP contribution < -0.4 is 22.1 Å². The highest BCUT2D eigenvalue weighted by molar-refractivity contribution is 7.86. The van der Waals surface area contributed by atoms with E-state index in [1.807, 2.05) is 21.9 Å². The number of nitrogens with two attached hydrogens (primary N) is 2. The second-order valence-corrected chi connectivity index (χ2v) is 40.5. The highest BCUT2D eigenvalue weighted by Gasteiger charge is 2.52. The number of nitrogens with one attached hydrogen (secondary N) is 2. The molecule has 35 heteroatoms. The molecule has 0 bridgehead atoms. The summed E-state index contributed by atoms with van der Waals surface area (Å²) in [5, 5.41) is 25.5. The summed E-state index contributed by atoms with van der Waals surface area (Å²) in [4.78, 5) is 110. The number of rotatable bonds is 18. The first-order valence-corrected chi connectivity index (χ1v) is 45.2. The maximum atomic E-state index is 13.8. The summed E-state index contributed by atoms with van der Waals surface area (Å²) in [6, 6.07) is 33.6. The fourth-order valence-electron chi connectivity index (χ4n) is 14.7. The third-order valence-electron chi connectivity index (χ3n) is 21.5. The van der Waals surface area contributed by atoms with Crippen LogP contribution in [0, 0.1) is 34.0 Å². The van der Waals surface area contributed by atoms with Crippen molar-refractivity contribution in [2.75, 3.05) is 31.7 Å². The molecule has 6 aromatic carbocycles. The van der Waals surface area contributed by atoms with Gasteiger partial charge in [0.05, 0.1) is 29.7 Å². The van der Waals surface area contributed by atoms with E-state index in [0.717, 1.165) is 99.7 Å². The van der Waals surface area contributed by atoms with E-state index in [2.05, 4.69) is 77.7 Å². The van der Waals surface area contributed by atoms with Gasteiger partial charge in [0.2, 0.25) is 0 Å².